The first-order valence-corrected chi connectivity index (χ1v) is 2.60. The second-order valence-electron chi connectivity index (χ2n) is 1.71. The van der Waals surface area contributed by atoms with Crippen LogP contribution in [0, 0.1) is 23.0 Å². The van der Waals surface area contributed by atoms with Crippen LogP contribution in [0.1, 0.15) is 5.56 Å². The van der Waals surface area contributed by atoms with Gasteiger partial charge in [0.2, 0.25) is 0 Å². The van der Waals surface area contributed by atoms with Crippen LogP contribution in [0.5, 0.6) is 0 Å². The Morgan fingerprint density at radius 3 is 2.36 bits per heavy atom. The zero-order chi connectivity index (χ0) is 7.56. The predicted molar refractivity (Wildman–Crippen MR) is 41.4 cm³/mol. The molecule has 0 unspecified atom stereocenters. The van der Waals surface area contributed by atoms with E-state index in [0.717, 1.165) is 6.07 Å². The van der Waals surface area contributed by atoms with Crippen LogP contribution in [0.25, 0.3) is 0 Å². The van der Waals surface area contributed by atoms with E-state index >= 15 is 0 Å². The Kier molecular flexibility index (Phi) is 3.69. The van der Waals surface area contributed by atoms with Gasteiger partial charge in [-0.1, -0.05) is 6.07 Å². The molecule has 0 bridgehead atoms. The molecule has 0 N–H and O–H groups in total. The summed E-state index contributed by atoms with van der Waals surface area (Å²) >= 11 is 0. The molecule has 0 aliphatic carbocycles. The third-order valence-electron chi connectivity index (χ3n) is 1.07. The van der Waals surface area contributed by atoms with E-state index < -0.39 is 11.6 Å². The number of nitriles is 1. The third kappa shape index (κ3) is 1.99. The summed E-state index contributed by atoms with van der Waals surface area (Å²) in [6, 6.07) is 5.00. The summed E-state index contributed by atoms with van der Waals surface area (Å²) in [4.78, 5) is 0. The topological polar surface area (TPSA) is 23.8 Å². The standard InChI is InChI=1S/C7H3F2N.BrH/c8-6-3-1-2-5(4-10)7(6)9;/h1-3H;1H. The first kappa shape index (κ1) is 10.0. The molecule has 0 aliphatic heterocycles. The Morgan fingerprint density at radius 2 is 1.91 bits per heavy atom. The van der Waals surface area contributed by atoms with Gasteiger partial charge in [0.1, 0.15) is 6.07 Å². The van der Waals surface area contributed by atoms with Gasteiger partial charge in [0.25, 0.3) is 0 Å². The molecule has 0 fully saturated rings. The van der Waals surface area contributed by atoms with E-state index in [-0.39, 0.29) is 22.5 Å². The van der Waals surface area contributed by atoms with Gasteiger partial charge in [-0.15, -0.1) is 17.0 Å². The van der Waals surface area contributed by atoms with Crippen molar-refractivity contribution in [1.82, 2.24) is 0 Å². The van der Waals surface area contributed by atoms with E-state index in [0.29, 0.717) is 0 Å². The average Bonchev–Trinajstić information content (AvgIpc) is 1.95. The van der Waals surface area contributed by atoms with Crippen molar-refractivity contribution in [3.8, 4) is 6.07 Å². The molecule has 0 atom stereocenters. The van der Waals surface area contributed by atoms with Gasteiger partial charge in [-0.25, -0.2) is 8.78 Å². The van der Waals surface area contributed by atoms with Crippen LogP contribution < -0.4 is 0 Å². The lowest BCUT2D eigenvalue weighted by atomic mass is 10.2. The lowest BCUT2D eigenvalue weighted by Gasteiger charge is -1.91. The molecule has 0 saturated carbocycles. The largest absolute Gasteiger partial charge is 0.204 e. The minimum atomic E-state index is -1.08. The SMILES string of the molecule is Br.N#Cc1cccc(F)c1F. The van der Waals surface area contributed by atoms with Crippen molar-refractivity contribution in [2.24, 2.45) is 0 Å². The molecule has 58 valence electrons. The number of rotatable bonds is 0. The average molecular weight is 220 g/mol. The zero-order valence-corrected chi connectivity index (χ0v) is 7.06. The lowest BCUT2D eigenvalue weighted by molar-refractivity contribution is 0.506. The maximum absolute atomic E-state index is 12.4. The summed E-state index contributed by atoms with van der Waals surface area (Å²) in [5.74, 6) is -2.07. The van der Waals surface area contributed by atoms with Crippen LogP contribution in [0.15, 0.2) is 18.2 Å². The molecular formula is C7H4BrF2N. The summed E-state index contributed by atoms with van der Waals surface area (Å²) in [7, 11) is 0. The summed E-state index contributed by atoms with van der Waals surface area (Å²) in [5.41, 5.74) is -0.264. The van der Waals surface area contributed by atoms with Crippen LogP contribution in [-0.4, -0.2) is 0 Å². The maximum Gasteiger partial charge on any atom is 0.176 e. The van der Waals surface area contributed by atoms with Gasteiger partial charge in [0, 0.05) is 0 Å². The van der Waals surface area contributed by atoms with Gasteiger partial charge in [-0.05, 0) is 12.1 Å². The monoisotopic (exact) mass is 219 g/mol. The van der Waals surface area contributed by atoms with Crippen molar-refractivity contribution >= 4 is 17.0 Å². The second kappa shape index (κ2) is 4.04. The number of hydrogen-bond acceptors (Lipinski definition) is 1. The third-order valence-corrected chi connectivity index (χ3v) is 1.07. The summed E-state index contributed by atoms with van der Waals surface area (Å²) in [6.07, 6.45) is 0. The van der Waals surface area contributed by atoms with E-state index in [2.05, 4.69) is 0 Å². The van der Waals surface area contributed by atoms with E-state index in [1.165, 1.54) is 18.2 Å². The van der Waals surface area contributed by atoms with Gasteiger partial charge >= 0.3 is 0 Å². The lowest BCUT2D eigenvalue weighted by Crippen LogP contribution is -1.87. The summed E-state index contributed by atoms with van der Waals surface area (Å²) < 4.78 is 24.6. The minimum Gasteiger partial charge on any atom is -0.204 e. The van der Waals surface area contributed by atoms with E-state index in [1.54, 1.807) is 0 Å². The van der Waals surface area contributed by atoms with Crippen molar-refractivity contribution in [2.45, 2.75) is 0 Å². The van der Waals surface area contributed by atoms with Gasteiger partial charge in [-0.2, -0.15) is 5.26 Å². The fraction of sp³-hybridized carbons (Fsp3) is 0. The Labute approximate surface area is 73.0 Å². The number of halogens is 3. The highest BCUT2D eigenvalue weighted by Crippen LogP contribution is 2.08. The fourth-order valence-corrected chi connectivity index (χ4v) is 0.590. The summed E-state index contributed by atoms with van der Waals surface area (Å²) in [6.45, 7) is 0. The quantitative estimate of drug-likeness (QED) is 0.658. The molecule has 0 heterocycles. The Hall–Kier alpha value is -0.950. The highest BCUT2D eigenvalue weighted by atomic mass is 79.9. The number of hydrogen-bond donors (Lipinski definition) is 0. The van der Waals surface area contributed by atoms with Crippen LogP contribution in [0.2, 0.25) is 0 Å². The molecule has 1 aromatic carbocycles. The smallest absolute Gasteiger partial charge is 0.176 e. The Bertz CT molecular complexity index is 293. The van der Waals surface area contributed by atoms with Crippen LogP contribution >= 0.6 is 17.0 Å². The van der Waals surface area contributed by atoms with E-state index in [4.69, 9.17) is 5.26 Å². The Morgan fingerprint density at radius 1 is 1.27 bits per heavy atom. The van der Waals surface area contributed by atoms with Crippen LogP contribution in [0.3, 0.4) is 0 Å². The molecule has 11 heavy (non-hydrogen) atoms. The predicted octanol–water partition coefficient (Wildman–Crippen LogP) is 2.41. The normalized spacial score (nSPS) is 8.09. The molecule has 0 aliphatic rings. The van der Waals surface area contributed by atoms with Crippen molar-refractivity contribution in [2.75, 3.05) is 0 Å². The summed E-state index contributed by atoms with van der Waals surface area (Å²) in [5, 5.41) is 8.19. The number of nitrogens with zero attached hydrogens (tertiary/aromatic N) is 1. The molecule has 1 nitrogen and oxygen atoms in total. The van der Waals surface area contributed by atoms with Gasteiger partial charge < -0.3 is 0 Å². The first-order valence-electron chi connectivity index (χ1n) is 2.60. The molecular weight excluding hydrogens is 216 g/mol. The molecule has 1 aromatic rings. The van der Waals surface area contributed by atoms with Crippen molar-refractivity contribution in [3.63, 3.8) is 0 Å². The van der Waals surface area contributed by atoms with Crippen molar-refractivity contribution in [3.05, 3.63) is 35.4 Å². The second-order valence-corrected chi connectivity index (χ2v) is 1.71. The van der Waals surface area contributed by atoms with Crippen molar-refractivity contribution in [1.29, 1.82) is 5.26 Å². The minimum absolute atomic E-state index is 0. The van der Waals surface area contributed by atoms with E-state index in [1.807, 2.05) is 0 Å². The fourth-order valence-electron chi connectivity index (χ4n) is 0.590. The first-order chi connectivity index (χ1) is 4.75. The molecule has 4 heteroatoms. The highest BCUT2D eigenvalue weighted by Gasteiger charge is 2.04. The molecule has 1 rings (SSSR count). The maximum atomic E-state index is 12.4. The zero-order valence-electron chi connectivity index (χ0n) is 5.34. The van der Waals surface area contributed by atoms with Crippen LogP contribution in [0.4, 0.5) is 8.78 Å². The molecule has 0 aromatic heterocycles. The van der Waals surface area contributed by atoms with E-state index in [9.17, 15) is 8.78 Å². The van der Waals surface area contributed by atoms with Gasteiger partial charge in [0.05, 0.1) is 5.56 Å². The molecule has 0 spiro atoms. The molecule has 0 amide bonds. The molecule has 0 radical (unpaired) electrons. The highest BCUT2D eigenvalue weighted by molar-refractivity contribution is 8.93. The van der Waals surface area contributed by atoms with Gasteiger partial charge in [0.15, 0.2) is 11.6 Å². The van der Waals surface area contributed by atoms with Crippen molar-refractivity contribution < 1.29 is 8.78 Å². The van der Waals surface area contributed by atoms with Gasteiger partial charge in [-0.3, -0.25) is 0 Å². The van der Waals surface area contributed by atoms with Crippen LogP contribution in [-0.2, 0) is 0 Å². The molecule has 0 saturated heterocycles. The Balaban J connectivity index is 0.000001000. The number of benzene rings is 1.